The fraction of sp³-hybridized carbons (Fsp3) is 0.333. The lowest BCUT2D eigenvalue weighted by atomic mass is 9.97. The molecule has 4 rings (SSSR count). The van der Waals surface area contributed by atoms with Gasteiger partial charge < -0.3 is 9.32 Å². The van der Waals surface area contributed by atoms with Gasteiger partial charge in [0.2, 0.25) is 5.91 Å². The fourth-order valence-electron chi connectivity index (χ4n) is 3.40. The Hall–Kier alpha value is -2.96. The van der Waals surface area contributed by atoms with Crippen molar-refractivity contribution in [2.45, 2.75) is 38.4 Å². The molecule has 7 heteroatoms. The second-order valence-electron chi connectivity index (χ2n) is 6.48. The zero-order chi connectivity index (χ0) is 17.3. The van der Waals surface area contributed by atoms with Crippen molar-refractivity contribution in [3.63, 3.8) is 0 Å². The number of rotatable bonds is 5. The van der Waals surface area contributed by atoms with E-state index in [2.05, 4.69) is 15.5 Å². The van der Waals surface area contributed by atoms with Gasteiger partial charge in [0.05, 0.1) is 19.4 Å². The Kier molecular flexibility index (Phi) is 3.83. The third-order valence-corrected chi connectivity index (χ3v) is 4.81. The van der Waals surface area contributed by atoms with Gasteiger partial charge in [-0.2, -0.15) is 0 Å². The Morgan fingerprint density at radius 2 is 2.00 bits per heavy atom. The highest BCUT2D eigenvalue weighted by atomic mass is 16.3. The monoisotopic (exact) mass is 337 g/mol. The van der Waals surface area contributed by atoms with E-state index in [9.17, 15) is 4.79 Å². The second-order valence-corrected chi connectivity index (χ2v) is 6.48. The molecular weight excluding hydrogens is 318 g/mol. The minimum atomic E-state index is -0.553. The van der Waals surface area contributed by atoms with Crippen molar-refractivity contribution < 1.29 is 9.21 Å². The van der Waals surface area contributed by atoms with E-state index in [1.165, 1.54) is 0 Å². The molecule has 1 aliphatic heterocycles. The van der Waals surface area contributed by atoms with Crippen LogP contribution in [0.1, 0.15) is 36.9 Å². The van der Waals surface area contributed by atoms with Crippen molar-refractivity contribution in [1.29, 1.82) is 0 Å². The van der Waals surface area contributed by atoms with Gasteiger partial charge in [-0.05, 0) is 41.5 Å². The molecule has 0 N–H and O–H groups in total. The number of hydrogen-bond donors (Lipinski definition) is 0. The summed E-state index contributed by atoms with van der Waals surface area (Å²) in [6.07, 6.45) is 2.78. The normalized spacial score (nSPS) is 20.4. The van der Waals surface area contributed by atoms with Crippen LogP contribution in [-0.2, 0) is 23.4 Å². The van der Waals surface area contributed by atoms with Gasteiger partial charge >= 0.3 is 0 Å². The van der Waals surface area contributed by atoms with Gasteiger partial charge in [0.25, 0.3) is 0 Å². The summed E-state index contributed by atoms with van der Waals surface area (Å²) in [6.45, 7) is 3.01. The summed E-state index contributed by atoms with van der Waals surface area (Å²) in [6, 6.07) is 13.7. The van der Waals surface area contributed by atoms with Crippen LogP contribution in [0.25, 0.3) is 0 Å². The first-order valence-corrected chi connectivity index (χ1v) is 8.30. The van der Waals surface area contributed by atoms with Crippen LogP contribution < -0.4 is 0 Å². The molecule has 2 aromatic heterocycles. The van der Waals surface area contributed by atoms with Gasteiger partial charge in [-0.15, -0.1) is 5.10 Å². The molecular formula is C18H19N5O2. The van der Waals surface area contributed by atoms with Crippen LogP contribution >= 0.6 is 0 Å². The summed E-state index contributed by atoms with van der Waals surface area (Å²) in [5.74, 6) is 1.55. The molecule has 1 unspecified atom stereocenters. The summed E-state index contributed by atoms with van der Waals surface area (Å²) in [5.41, 5.74) is 0.559. The molecule has 0 radical (unpaired) electrons. The lowest BCUT2D eigenvalue weighted by Crippen LogP contribution is -2.42. The predicted octanol–water partition coefficient (Wildman–Crippen LogP) is 2.35. The summed E-state index contributed by atoms with van der Waals surface area (Å²) >= 11 is 0. The summed E-state index contributed by atoms with van der Waals surface area (Å²) in [5, 5.41) is 12.3. The van der Waals surface area contributed by atoms with Crippen molar-refractivity contribution >= 4 is 5.91 Å². The van der Waals surface area contributed by atoms with Crippen LogP contribution in [0.3, 0.4) is 0 Å². The zero-order valence-electron chi connectivity index (χ0n) is 14.0. The molecule has 1 amide bonds. The van der Waals surface area contributed by atoms with Crippen LogP contribution in [0.15, 0.2) is 53.1 Å². The minimum Gasteiger partial charge on any atom is -0.467 e. The first-order chi connectivity index (χ1) is 12.2. The predicted molar refractivity (Wildman–Crippen MR) is 89.2 cm³/mol. The molecule has 0 saturated carbocycles. The Bertz CT molecular complexity index is 859. The standard InChI is InChI=1S/C18H19N5O2/c1-18(10-9-16(24)22(18)13-15-8-5-11-25-15)17-19-20-21-23(17)12-14-6-3-2-4-7-14/h2-8,11H,9-10,12-13H2,1H3. The van der Waals surface area contributed by atoms with Gasteiger partial charge in [0.1, 0.15) is 11.3 Å². The molecule has 25 heavy (non-hydrogen) atoms. The maximum Gasteiger partial charge on any atom is 0.223 e. The van der Waals surface area contributed by atoms with Gasteiger partial charge in [-0.25, -0.2) is 4.68 Å². The minimum absolute atomic E-state index is 0.0909. The van der Waals surface area contributed by atoms with E-state index in [1.54, 1.807) is 10.9 Å². The summed E-state index contributed by atoms with van der Waals surface area (Å²) < 4.78 is 7.21. The number of likely N-dealkylation sites (tertiary alicyclic amines) is 1. The molecule has 1 fully saturated rings. The van der Waals surface area contributed by atoms with Crippen LogP contribution in [0, 0.1) is 0 Å². The highest BCUT2D eigenvalue weighted by Gasteiger charge is 2.46. The SMILES string of the molecule is CC1(c2nnnn2Cc2ccccc2)CCC(=O)N1Cc1ccco1. The molecule has 7 nitrogen and oxygen atoms in total. The second kappa shape index (κ2) is 6.16. The number of furan rings is 1. The van der Waals surface area contributed by atoms with Crippen molar-refractivity contribution in [2.24, 2.45) is 0 Å². The molecule has 1 aromatic carbocycles. The van der Waals surface area contributed by atoms with Crippen LogP contribution in [0.2, 0.25) is 0 Å². The van der Waals surface area contributed by atoms with Crippen molar-refractivity contribution in [1.82, 2.24) is 25.1 Å². The number of hydrogen-bond acceptors (Lipinski definition) is 5. The number of aromatic nitrogens is 4. The Labute approximate surface area is 145 Å². The maximum atomic E-state index is 12.5. The zero-order valence-corrected chi connectivity index (χ0v) is 14.0. The smallest absolute Gasteiger partial charge is 0.223 e. The number of carbonyl (C=O) groups is 1. The first kappa shape index (κ1) is 15.6. The summed E-state index contributed by atoms with van der Waals surface area (Å²) in [4.78, 5) is 14.3. The van der Waals surface area contributed by atoms with E-state index in [4.69, 9.17) is 4.42 Å². The van der Waals surface area contributed by atoms with E-state index < -0.39 is 5.54 Å². The molecule has 3 heterocycles. The lowest BCUT2D eigenvalue weighted by Gasteiger charge is -2.33. The lowest BCUT2D eigenvalue weighted by molar-refractivity contribution is -0.132. The number of amides is 1. The average Bonchev–Trinajstić information content (AvgIpc) is 3.35. The average molecular weight is 337 g/mol. The quantitative estimate of drug-likeness (QED) is 0.714. The van der Waals surface area contributed by atoms with Gasteiger partial charge in [-0.1, -0.05) is 30.3 Å². The highest BCUT2D eigenvalue weighted by molar-refractivity contribution is 5.79. The number of carbonyl (C=O) groups excluding carboxylic acids is 1. The van der Waals surface area contributed by atoms with Crippen LogP contribution in [-0.4, -0.2) is 31.0 Å². The van der Waals surface area contributed by atoms with E-state index in [1.807, 2.05) is 54.3 Å². The van der Waals surface area contributed by atoms with Crippen molar-refractivity contribution in [2.75, 3.05) is 0 Å². The van der Waals surface area contributed by atoms with E-state index >= 15 is 0 Å². The van der Waals surface area contributed by atoms with Crippen molar-refractivity contribution in [3.8, 4) is 0 Å². The molecule has 1 aliphatic rings. The molecule has 3 aromatic rings. The Balaban J connectivity index is 1.65. The molecule has 0 spiro atoms. The number of tetrazole rings is 1. The largest absolute Gasteiger partial charge is 0.467 e. The molecule has 1 saturated heterocycles. The number of benzene rings is 1. The van der Waals surface area contributed by atoms with Gasteiger partial charge in [-0.3, -0.25) is 4.79 Å². The van der Waals surface area contributed by atoms with E-state index in [0.29, 0.717) is 31.8 Å². The Morgan fingerprint density at radius 3 is 2.76 bits per heavy atom. The van der Waals surface area contributed by atoms with E-state index in [-0.39, 0.29) is 5.91 Å². The van der Waals surface area contributed by atoms with Crippen LogP contribution in [0.4, 0.5) is 0 Å². The Morgan fingerprint density at radius 1 is 1.16 bits per heavy atom. The fourth-order valence-corrected chi connectivity index (χ4v) is 3.40. The van der Waals surface area contributed by atoms with Gasteiger partial charge in [0, 0.05) is 6.42 Å². The summed E-state index contributed by atoms with van der Waals surface area (Å²) in [7, 11) is 0. The topological polar surface area (TPSA) is 77.1 Å². The third-order valence-electron chi connectivity index (χ3n) is 4.81. The number of nitrogens with zero attached hydrogens (tertiary/aromatic N) is 5. The maximum absolute atomic E-state index is 12.5. The van der Waals surface area contributed by atoms with Gasteiger partial charge in [0.15, 0.2) is 5.82 Å². The van der Waals surface area contributed by atoms with Crippen molar-refractivity contribution in [3.05, 3.63) is 65.9 Å². The third kappa shape index (κ3) is 2.82. The highest BCUT2D eigenvalue weighted by Crippen LogP contribution is 2.39. The van der Waals surface area contributed by atoms with Crippen LogP contribution in [0.5, 0.6) is 0 Å². The molecule has 0 bridgehead atoms. The molecule has 128 valence electrons. The molecule has 0 aliphatic carbocycles. The van der Waals surface area contributed by atoms with E-state index in [0.717, 1.165) is 11.3 Å². The first-order valence-electron chi connectivity index (χ1n) is 8.30. The molecule has 1 atom stereocenters.